The SMILES string of the molecule is CCC[C@H](c1nc2ncc(Br)cc2c(=O)n1CC)N1CCNCC(C)C1. The van der Waals surface area contributed by atoms with Gasteiger partial charge in [-0.3, -0.25) is 14.3 Å². The van der Waals surface area contributed by atoms with Crippen LogP contribution in [0.2, 0.25) is 0 Å². The van der Waals surface area contributed by atoms with Crippen LogP contribution in [0.15, 0.2) is 21.5 Å². The molecule has 0 radical (unpaired) electrons. The number of nitrogens with zero attached hydrogens (tertiary/aromatic N) is 4. The van der Waals surface area contributed by atoms with Crippen LogP contribution in [0, 0.1) is 5.92 Å². The maximum absolute atomic E-state index is 13.1. The van der Waals surface area contributed by atoms with Crippen LogP contribution in [-0.4, -0.2) is 45.6 Å². The normalized spacial score (nSPS) is 20.2. The van der Waals surface area contributed by atoms with Crippen LogP contribution < -0.4 is 10.9 Å². The van der Waals surface area contributed by atoms with Crippen molar-refractivity contribution in [3.8, 4) is 0 Å². The zero-order valence-electron chi connectivity index (χ0n) is 15.8. The van der Waals surface area contributed by atoms with Gasteiger partial charge >= 0.3 is 0 Å². The van der Waals surface area contributed by atoms with Crippen molar-refractivity contribution in [2.24, 2.45) is 5.92 Å². The van der Waals surface area contributed by atoms with Crippen molar-refractivity contribution < 1.29 is 0 Å². The van der Waals surface area contributed by atoms with Gasteiger partial charge < -0.3 is 5.32 Å². The molecule has 0 bridgehead atoms. The van der Waals surface area contributed by atoms with E-state index in [1.165, 1.54) is 0 Å². The number of nitrogens with one attached hydrogen (secondary N) is 1. The van der Waals surface area contributed by atoms with E-state index in [0.29, 0.717) is 23.5 Å². The summed E-state index contributed by atoms with van der Waals surface area (Å²) in [6.07, 6.45) is 3.75. The molecule has 1 aliphatic heterocycles. The van der Waals surface area contributed by atoms with E-state index in [-0.39, 0.29) is 11.6 Å². The third kappa shape index (κ3) is 4.00. The van der Waals surface area contributed by atoms with E-state index in [1.54, 1.807) is 6.20 Å². The van der Waals surface area contributed by atoms with Crippen molar-refractivity contribution in [2.45, 2.75) is 46.2 Å². The lowest BCUT2D eigenvalue weighted by Crippen LogP contribution is -2.38. The lowest BCUT2D eigenvalue weighted by molar-refractivity contribution is 0.169. The third-order valence-corrected chi connectivity index (χ3v) is 5.47. The highest BCUT2D eigenvalue weighted by molar-refractivity contribution is 9.10. The lowest BCUT2D eigenvalue weighted by Gasteiger charge is -2.32. The molecule has 2 atom stereocenters. The molecule has 0 aromatic carbocycles. The van der Waals surface area contributed by atoms with Gasteiger partial charge in [0.05, 0.1) is 11.4 Å². The van der Waals surface area contributed by atoms with Crippen LogP contribution >= 0.6 is 15.9 Å². The molecule has 1 fully saturated rings. The average molecular weight is 422 g/mol. The molecule has 6 nitrogen and oxygen atoms in total. The Labute approximate surface area is 163 Å². The second-order valence-electron chi connectivity index (χ2n) is 7.15. The second kappa shape index (κ2) is 8.59. The minimum absolute atomic E-state index is 0.00315. The standard InChI is InChI=1S/C19H28BrN5O/c1-4-6-16(24-8-7-21-10-13(3)12-24)18-23-17-15(9-14(20)11-22-17)19(26)25(18)5-2/h9,11,13,16,21H,4-8,10,12H2,1-3H3/t13?,16-/m1/s1. The van der Waals surface area contributed by atoms with E-state index in [1.807, 2.05) is 17.6 Å². The highest BCUT2D eigenvalue weighted by atomic mass is 79.9. The van der Waals surface area contributed by atoms with Gasteiger partial charge in [0.1, 0.15) is 5.82 Å². The summed E-state index contributed by atoms with van der Waals surface area (Å²) in [5.74, 6) is 1.43. The monoisotopic (exact) mass is 421 g/mol. The van der Waals surface area contributed by atoms with Gasteiger partial charge in [-0.1, -0.05) is 20.3 Å². The van der Waals surface area contributed by atoms with Crippen LogP contribution in [0.1, 0.15) is 45.5 Å². The van der Waals surface area contributed by atoms with Gasteiger partial charge in [-0.2, -0.15) is 0 Å². The van der Waals surface area contributed by atoms with Gasteiger partial charge in [0.25, 0.3) is 5.56 Å². The average Bonchev–Trinajstić information content (AvgIpc) is 2.84. The molecular formula is C19H28BrN5O. The second-order valence-corrected chi connectivity index (χ2v) is 8.07. The van der Waals surface area contributed by atoms with Gasteiger partial charge in [0.2, 0.25) is 0 Å². The summed E-state index contributed by atoms with van der Waals surface area (Å²) in [4.78, 5) is 24.8. The number of rotatable bonds is 5. The summed E-state index contributed by atoms with van der Waals surface area (Å²) in [5, 5.41) is 4.08. The molecule has 1 N–H and O–H groups in total. The van der Waals surface area contributed by atoms with E-state index >= 15 is 0 Å². The molecule has 0 saturated carbocycles. The molecule has 2 aromatic rings. The molecule has 0 amide bonds. The van der Waals surface area contributed by atoms with Crippen LogP contribution in [0.4, 0.5) is 0 Å². The van der Waals surface area contributed by atoms with Crippen molar-refractivity contribution in [1.29, 1.82) is 0 Å². The first-order chi connectivity index (χ1) is 12.5. The van der Waals surface area contributed by atoms with Crippen LogP contribution in [0.25, 0.3) is 11.0 Å². The number of halogens is 1. The van der Waals surface area contributed by atoms with E-state index in [0.717, 1.165) is 49.3 Å². The number of hydrogen-bond donors (Lipinski definition) is 1. The highest BCUT2D eigenvalue weighted by Gasteiger charge is 2.27. The molecule has 2 aromatic heterocycles. The zero-order valence-corrected chi connectivity index (χ0v) is 17.4. The lowest BCUT2D eigenvalue weighted by atomic mass is 10.1. The van der Waals surface area contributed by atoms with Gasteiger partial charge in [0.15, 0.2) is 5.65 Å². The summed E-state index contributed by atoms with van der Waals surface area (Å²) < 4.78 is 2.64. The maximum atomic E-state index is 13.1. The van der Waals surface area contributed by atoms with Crippen molar-refractivity contribution in [2.75, 3.05) is 26.2 Å². The summed E-state index contributed by atoms with van der Waals surface area (Å²) in [5.41, 5.74) is 0.545. The molecule has 26 heavy (non-hydrogen) atoms. The van der Waals surface area contributed by atoms with Gasteiger partial charge in [-0.25, -0.2) is 9.97 Å². The Bertz CT molecular complexity index is 821. The maximum Gasteiger partial charge on any atom is 0.263 e. The topological polar surface area (TPSA) is 63.1 Å². The molecule has 1 aliphatic rings. The smallest absolute Gasteiger partial charge is 0.263 e. The molecular weight excluding hydrogens is 394 g/mol. The van der Waals surface area contributed by atoms with Crippen molar-refractivity contribution in [1.82, 2.24) is 24.8 Å². The van der Waals surface area contributed by atoms with Gasteiger partial charge in [-0.05, 0) is 47.8 Å². The number of fused-ring (bicyclic) bond motifs is 1. The first-order valence-electron chi connectivity index (χ1n) is 9.55. The Balaban J connectivity index is 2.12. The fourth-order valence-corrected chi connectivity index (χ4v) is 4.15. The predicted octanol–water partition coefficient (Wildman–Crippen LogP) is 2.96. The van der Waals surface area contributed by atoms with Crippen LogP contribution in [0.3, 0.4) is 0 Å². The number of pyridine rings is 1. The Morgan fingerprint density at radius 2 is 2.23 bits per heavy atom. The van der Waals surface area contributed by atoms with Crippen molar-refractivity contribution >= 4 is 27.0 Å². The number of hydrogen-bond acceptors (Lipinski definition) is 5. The van der Waals surface area contributed by atoms with Gasteiger partial charge in [0, 0.05) is 36.8 Å². The summed E-state index contributed by atoms with van der Waals surface area (Å²) in [6, 6.07) is 1.96. The molecule has 3 heterocycles. The van der Waals surface area contributed by atoms with E-state index in [4.69, 9.17) is 4.98 Å². The fourth-order valence-electron chi connectivity index (χ4n) is 3.82. The summed E-state index contributed by atoms with van der Waals surface area (Å²) in [7, 11) is 0. The number of aromatic nitrogens is 3. The van der Waals surface area contributed by atoms with Crippen LogP contribution in [0.5, 0.6) is 0 Å². The first-order valence-corrected chi connectivity index (χ1v) is 10.3. The molecule has 0 aliphatic carbocycles. The van der Waals surface area contributed by atoms with Crippen molar-refractivity contribution in [3.05, 3.63) is 32.9 Å². The minimum atomic E-state index is 0.00315. The van der Waals surface area contributed by atoms with Crippen LogP contribution in [-0.2, 0) is 6.54 Å². The van der Waals surface area contributed by atoms with E-state index in [9.17, 15) is 4.79 Å². The fraction of sp³-hybridized carbons (Fsp3) is 0.632. The predicted molar refractivity (Wildman–Crippen MR) is 108 cm³/mol. The Hall–Kier alpha value is -1.31. The zero-order chi connectivity index (χ0) is 18.7. The Morgan fingerprint density at radius 3 is 2.96 bits per heavy atom. The molecule has 0 spiro atoms. The summed E-state index contributed by atoms with van der Waals surface area (Å²) in [6.45, 7) is 11.1. The molecule has 1 saturated heterocycles. The Morgan fingerprint density at radius 1 is 1.42 bits per heavy atom. The highest BCUT2D eigenvalue weighted by Crippen LogP contribution is 2.26. The molecule has 3 rings (SSSR count). The van der Waals surface area contributed by atoms with E-state index in [2.05, 4.69) is 45.0 Å². The first kappa shape index (κ1) is 19.5. The van der Waals surface area contributed by atoms with Crippen molar-refractivity contribution in [3.63, 3.8) is 0 Å². The van der Waals surface area contributed by atoms with E-state index < -0.39 is 0 Å². The molecule has 142 valence electrons. The largest absolute Gasteiger partial charge is 0.315 e. The minimum Gasteiger partial charge on any atom is -0.315 e. The molecule has 7 heteroatoms. The third-order valence-electron chi connectivity index (χ3n) is 5.04. The Kier molecular flexibility index (Phi) is 6.42. The molecule has 1 unspecified atom stereocenters. The quantitative estimate of drug-likeness (QED) is 0.803. The summed E-state index contributed by atoms with van der Waals surface area (Å²) >= 11 is 3.41. The van der Waals surface area contributed by atoms with Gasteiger partial charge in [-0.15, -0.1) is 0 Å².